The summed E-state index contributed by atoms with van der Waals surface area (Å²) in [6, 6.07) is 21.1. The highest BCUT2D eigenvalue weighted by Gasteiger charge is 2.25. The van der Waals surface area contributed by atoms with Crippen LogP contribution in [-0.2, 0) is 17.6 Å². The molecule has 1 atom stereocenters. The second kappa shape index (κ2) is 10.2. The number of ketones is 1. The van der Waals surface area contributed by atoms with Gasteiger partial charge in [-0.1, -0.05) is 67.6 Å². The maximum atomic E-state index is 12.5. The Labute approximate surface area is 176 Å². The predicted molar refractivity (Wildman–Crippen MR) is 119 cm³/mol. The molecule has 0 bridgehead atoms. The third-order valence-corrected chi connectivity index (χ3v) is 5.21. The molecule has 0 aliphatic rings. The molecular weight excluding hydrogens is 377 g/mol. The van der Waals surface area contributed by atoms with Crippen LogP contribution in [0.25, 0.3) is 10.8 Å². The van der Waals surface area contributed by atoms with Gasteiger partial charge >= 0.3 is 7.12 Å². The fraction of sp³-hybridized carbons (Fsp3) is 0.250. The van der Waals surface area contributed by atoms with Gasteiger partial charge in [0.25, 0.3) is 0 Å². The molecule has 0 heterocycles. The maximum Gasteiger partial charge on any atom is 0.475 e. The normalized spacial score (nSPS) is 11.8. The molecule has 0 aliphatic carbocycles. The van der Waals surface area contributed by atoms with Gasteiger partial charge in [-0.05, 0) is 40.8 Å². The number of carbonyl (C=O) groups excluding carboxylic acids is 2. The van der Waals surface area contributed by atoms with Gasteiger partial charge in [-0.3, -0.25) is 9.59 Å². The zero-order chi connectivity index (χ0) is 21.5. The Bertz CT molecular complexity index is 1030. The van der Waals surface area contributed by atoms with Crippen LogP contribution < -0.4 is 5.32 Å². The van der Waals surface area contributed by atoms with Crippen molar-refractivity contribution in [2.24, 2.45) is 0 Å². The van der Waals surface area contributed by atoms with Gasteiger partial charge in [-0.15, -0.1) is 0 Å². The molecule has 0 aromatic heterocycles. The number of rotatable bonds is 9. The van der Waals surface area contributed by atoms with E-state index in [0.717, 1.165) is 28.3 Å². The number of carbonyl (C=O) groups is 2. The molecule has 0 spiro atoms. The topological polar surface area (TPSA) is 86.6 Å². The van der Waals surface area contributed by atoms with Gasteiger partial charge in [0.05, 0.1) is 5.94 Å². The summed E-state index contributed by atoms with van der Waals surface area (Å²) in [6.45, 7) is 2.05. The molecule has 0 aliphatic heterocycles. The number of nitrogens with one attached hydrogen (secondary N) is 1. The number of hydrogen-bond donors (Lipinski definition) is 3. The molecule has 3 aromatic carbocycles. The average molecular weight is 403 g/mol. The van der Waals surface area contributed by atoms with Crippen molar-refractivity contribution >= 4 is 29.6 Å². The molecular formula is C24H26BNO4. The number of benzene rings is 3. The van der Waals surface area contributed by atoms with Gasteiger partial charge < -0.3 is 15.4 Å². The monoisotopic (exact) mass is 403 g/mol. The Morgan fingerprint density at radius 3 is 2.37 bits per heavy atom. The summed E-state index contributed by atoms with van der Waals surface area (Å²) in [5, 5.41) is 24.0. The highest BCUT2D eigenvalue weighted by Crippen LogP contribution is 2.17. The molecule has 3 rings (SSSR count). The van der Waals surface area contributed by atoms with Crippen LogP contribution in [0.1, 0.15) is 41.3 Å². The lowest BCUT2D eigenvalue weighted by atomic mass is 9.75. The van der Waals surface area contributed by atoms with Crippen molar-refractivity contribution < 1.29 is 19.6 Å². The lowest BCUT2D eigenvalue weighted by Gasteiger charge is -2.18. The van der Waals surface area contributed by atoms with Crippen molar-refractivity contribution in [3.05, 3.63) is 83.4 Å². The smallest absolute Gasteiger partial charge is 0.426 e. The molecule has 0 saturated carbocycles. The van der Waals surface area contributed by atoms with E-state index in [1.165, 1.54) is 0 Å². The first-order chi connectivity index (χ1) is 14.5. The molecule has 0 fully saturated rings. The number of amides is 1. The van der Waals surface area contributed by atoms with Gasteiger partial charge in [-0.25, -0.2) is 0 Å². The first-order valence-electron chi connectivity index (χ1n) is 10.2. The summed E-state index contributed by atoms with van der Waals surface area (Å²) in [7, 11) is -1.68. The molecule has 3 N–H and O–H groups in total. The lowest BCUT2D eigenvalue weighted by Crippen LogP contribution is -2.47. The number of fused-ring (bicyclic) bond motifs is 1. The molecule has 3 aromatic rings. The van der Waals surface area contributed by atoms with Crippen molar-refractivity contribution in [2.75, 3.05) is 0 Å². The highest BCUT2D eigenvalue weighted by molar-refractivity contribution is 6.43. The number of Topliss-reactive ketones (excluding diaryl/α,β-unsaturated/α-hetero) is 1. The zero-order valence-corrected chi connectivity index (χ0v) is 17.0. The number of aryl methyl sites for hydroxylation is 1. The molecule has 30 heavy (non-hydrogen) atoms. The van der Waals surface area contributed by atoms with Gasteiger partial charge in [0, 0.05) is 18.4 Å². The van der Waals surface area contributed by atoms with E-state index in [1.807, 2.05) is 67.6 Å². The van der Waals surface area contributed by atoms with E-state index in [9.17, 15) is 19.6 Å². The zero-order valence-electron chi connectivity index (χ0n) is 17.0. The van der Waals surface area contributed by atoms with E-state index >= 15 is 0 Å². The van der Waals surface area contributed by atoms with E-state index in [4.69, 9.17) is 0 Å². The van der Waals surface area contributed by atoms with Crippen molar-refractivity contribution in [1.82, 2.24) is 5.32 Å². The lowest BCUT2D eigenvalue weighted by molar-refractivity contribution is -0.121. The fourth-order valence-corrected chi connectivity index (χ4v) is 3.47. The van der Waals surface area contributed by atoms with Crippen LogP contribution in [0.2, 0.25) is 0 Å². The molecule has 6 heteroatoms. The minimum absolute atomic E-state index is 0.0100. The first-order valence-corrected chi connectivity index (χ1v) is 10.2. The van der Waals surface area contributed by atoms with Crippen LogP contribution >= 0.6 is 0 Å². The van der Waals surface area contributed by atoms with E-state index in [0.29, 0.717) is 12.0 Å². The maximum absolute atomic E-state index is 12.5. The van der Waals surface area contributed by atoms with Gasteiger partial charge in [0.1, 0.15) is 0 Å². The van der Waals surface area contributed by atoms with Crippen molar-refractivity contribution in [3.8, 4) is 0 Å². The SMILES string of the molecule is CCc1cccc(C[C@H](NC(=O)CCC(=O)c2ccc3ccccc3c2)B(O)O)c1. The Hall–Kier alpha value is -2.96. The van der Waals surface area contributed by atoms with Crippen LogP contribution in [0.15, 0.2) is 66.7 Å². The summed E-state index contributed by atoms with van der Waals surface area (Å²) in [6.07, 6.45) is 1.23. The quantitative estimate of drug-likeness (QED) is 0.379. The van der Waals surface area contributed by atoms with Gasteiger partial charge in [0.15, 0.2) is 5.78 Å². The number of hydrogen-bond acceptors (Lipinski definition) is 4. The van der Waals surface area contributed by atoms with E-state index in [1.54, 1.807) is 6.07 Å². The van der Waals surface area contributed by atoms with Crippen LogP contribution in [0.4, 0.5) is 0 Å². The van der Waals surface area contributed by atoms with Crippen molar-refractivity contribution in [3.63, 3.8) is 0 Å². The minimum Gasteiger partial charge on any atom is -0.426 e. The molecule has 5 nitrogen and oxygen atoms in total. The summed E-state index contributed by atoms with van der Waals surface area (Å²) in [5.74, 6) is -1.33. The largest absolute Gasteiger partial charge is 0.475 e. The van der Waals surface area contributed by atoms with E-state index < -0.39 is 13.1 Å². The average Bonchev–Trinajstić information content (AvgIpc) is 2.76. The Morgan fingerprint density at radius 2 is 1.63 bits per heavy atom. The third kappa shape index (κ3) is 5.78. The van der Waals surface area contributed by atoms with Crippen LogP contribution in [0, 0.1) is 0 Å². The standard InChI is InChI=1S/C24H26BNO4/c1-2-17-6-5-7-18(14-17)15-23(25(29)30)26-24(28)13-12-22(27)21-11-10-19-8-3-4-9-20(19)16-21/h3-11,14,16,23,29-30H,2,12-13,15H2,1H3,(H,26,28)/t23-/m0/s1. The van der Waals surface area contributed by atoms with Gasteiger partial charge in [0.2, 0.25) is 5.91 Å². The highest BCUT2D eigenvalue weighted by atomic mass is 16.4. The Morgan fingerprint density at radius 1 is 0.900 bits per heavy atom. The summed E-state index contributed by atoms with van der Waals surface area (Å²) >= 11 is 0. The van der Waals surface area contributed by atoms with Crippen LogP contribution in [-0.4, -0.2) is 34.8 Å². The molecule has 0 saturated heterocycles. The summed E-state index contributed by atoms with van der Waals surface area (Å²) in [5.41, 5.74) is 2.63. The van der Waals surface area contributed by atoms with Crippen LogP contribution in [0.5, 0.6) is 0 Å². The van der Waals surface area contributed by atoms with Crippen molar-refractivity contribution in [2.45, 2.75) is 38.5 Å². The summed E-state index contributed by atoms with van der Waals surface area (Å²) in [4.78, 5) is 24.8. The van der Waals surface area contributed by atoms with Crippen LogP contribution in [0.3, 0.4) is 0 Å². The van der Waals surface area contributed by atoms with Crippen molar-refractivity contribution in [1.29, 1.82) is 0 Å². The Balaban J connectivity index is 1.57. The second-order valence-corrected chi connectivity index (χ2v) is 7.45. The Kier molecular flexibility index (Phi) is 7.38. The molecule has 154 valence electrons. The summed E-state index contributed by atoms with van der Waals surface area (Å²) < 4.78 is 0. The second-order valence-electron chi connectivity index (χ2n) is 7.45. The minimum atomic E-state index is -1.68. The molecule has 0 radical (unpaired) electrons. The fourth-order valence-electron chi connectivity index (χ4n) is 3.47. The molecule has 0 unspecified atom stereocenters. The van der Waals surface area contributed by atoms with Gasteiger partial charge in [-0.2, -0.15) is 0 Å². The van der Waals surface area contributed by atoms with E-state index in [2.05, 4.69) is 5.32 Å². The predicted octanol–water partition coefficient (Wildman–Crippen LogP) is 3.10. The van der Waals surface area contributed by atoms with E-state index in [-0.39, 0.29) is 24.5 Å². The molecule has 1 amide bonds. The first kappa shape index (κ1) is 21.7. The third-order valence-electron chi connectivity index (χ3n) is 5.21.